The van der Waals surface area contributed by atoms with Crippen LogP contribution in [-0.4, -0.2) is 34.2 Å². The zero-order valence-corrected chi connectivity index (χ0v) is 16.1. The predicted octanol–water partition coefficient (Wildman–Crippen LogP) is 3.99. The van der Waals surface area contributed by atoms with Gasteiger partial charge in [0, 0.05) is 12.6 Å². The predicted molar refractivity (Wildman–Crippen MR) is 105 cm³/mol. The van der Waals surface area contributed by atoms with Crippen molar-refractivity contribution in [3.63, 3.8) is 0 Å². The number of benzene rings is 2. The fourth-order valence-corrected chi connectivity index (χ4v) is 4.31. The second-order valence-electron chi connectivity index (χ2n) is 7.87. The average Bonchev–Trinajstić information content (AvgIpc) is 3.22. The molecule has 1 aliphatic carbocycles. The van der Waals surface area contributed by atoms with E-state index in [-0.39, 0.29) is 30.2 Å². The van der Waals surface area contributed by atoms with Crippen LogP contribution in [0, 0.1) is 12.7 Å². The second kappa shape index (κ2) is 7.74. The summed E-state index contributed by atoms with van der Waals surface area (Å²) in [6.07, 6.45) is 4.09. The molecule has 2 aromatic rings. The van der Waals surface area contributed by atoms with E-state index in [9.17, 15) is 14.0 Å². The van der Waals surface area contributed by atoms with Gasteiger partial charge in [-0.05, 0) is 43.0 Å². The van der Waals surface area contributed by atoms with Crippen LogP contribution in [0.2, 0.25) is 0 Å². The summed E-state index contributed by atoms with van der Waals surface area (Å²) in [5.41, 5.74) is 2.79. The first-order valence-electron chi connectivity index (χ1n) is 9.94. The number of nitrogens with zero attached hydrogens (tertiary/aromatic N) is 2. The van der Waals surface area contributed by atoms with Gasteiger partial charge < -0.3 is 9.80 Å². The summed E-state index contributed by atoms with van der Waals surface area (Å²) in [4.78, 5) is 29.9. The minimum absolute atomic E-state index is 0.0507. The number of amides is 2. The van der Waals surface area contributed by atoms with Gasteiger partial charge in [-0.1, -0.05) is 54.8 Å². The van der Waals surface area contributed by atoms with Crippen LogP contribution in [-0.2, 0) is 16.1 Å². The third-order valence-corrected chi connectivity index (χ3v) is 5.88. The Labute approximate surface area is 164 Å². The number of hydrogen-bond donors (Lipinski definition) is 0. The number of piperazine rings is 1. The lowest BCUT2D eigenvalue weighted by Crippen LogP contribution is -2.57. The molecular weight excluding hydrogens is 355 g/mol. The largest absolute Gasteiger partial charge is 0.328 e. The van der Waals surface area contributed by atoms with Crippen LogP contribution in [0.25, 0.3) is 0 Å². The Balaban J connectivity index is 1.68. The van der Waals surface area contributed by atoms with Gasteiger partial charge in [0.15, 0.2) is 0 Å². The van der Waals surface area contributed by atoms with Crippen LogP contribution in [0.15, 0.2) is 48.5 Å². The highest BCUT2D eigenvalue weighted by Crippen LogP contribution is 2.33. The van der Waals surface area contributed by atoms with Crippen molar-refractivity contribution in [2.75, 3.05) is 6.54 Å². The summed E-state index contributed by atoms with van der Waals surface area (Å²) in [6.45, 7) is 2.51. The molecule has 1 saturated carbocycles. The smallest absolute Gasteiger partial charge is 0.250 e. The molecule has 1 aliphatic heterocycles. The van der Waals surface area contributed by atoms with Crippen LogP contribution in [0.5, 0.6) is 0 Å². The maximum Gasteiger partial charge on any atom is 0.250 e. The van der Waals surface area contributed by atoms with Crippen molar-refractivity contribution in [3.8, 4) is 0 Å². The molecule has 5 heteroatoms. The molecular formula is C23H25FN2O2. The van der Waals surface area contributed by atoms with Crippen LogP contribution >= 0.6 is 0 Å². The fourth-order valence-electron chi connectivity index (χ4n) is 4.31. The Morgan fingerprint density at radius 2 is 1.61 bits per heavy atom. The van der Waals surface area contributed by atoms with Crippen LogP contribution in [0.3, 0.4) is 0 Å². The van der Waals surface area contributed by atoms with E-state index in [0.29, 0.717) is 12.1 Å². The van der Waals surface area contributed by atoms with E-state index in [1.165, 1.54) is 12.1 Å². The Morgan fingerprint density at radius 1 is 0.964 bits per heavy atom. The van der Waals surface area contributed by atoms with Crippen molar-refractivity contribution in [2.45, 2.75) is 51.2 Å². The summed E-state index contributed by atoms with van der Waals surface area (Å²) in [5.74, 6) is -0.456. The molecule has 0 spiro atoms. The van der Waals surface area contributed by atoms with E-state index >= 15 is 0 Å². The Morgan fingerprint density at radius 3 is 2.25 bits per heavy atom. The molecule has 0 N–H and O–H groups in total. The maximum atomic E-state index is 13.5. The maximum absolute atomic E-state index is 13.5. The standard InChI is InChI=1S/C23H25FN2O2/c1-16-6-8-17(9-7-16)14-26-21(27)15-25(20-4-2-3-5-20)23(28)22(26)18-10-12-19(24)13-11-18/h6-13,20,22H,2-5,14-15H2,1H3/t22-/m0/s1. The Hall–Kier alpha value is -2.69. The van der Waals surface area contributed by atoms with Gasteiger partial charge in [0.25, 0.3) is 5.91 Å². The van der Waals surface area contributed by atoms with Crippen LogP contribution in [0.1, 0.15) is 48.4 Å². The Kier molecular flexibility index (Phi) is 5.16. The minimum atomic E-state index is -0.705. The zero-order valence-electron chi connectivity index (χ0n) is 16.1. The van der Waals surface area contributed by atoms with Gasteiger partial charge in [-0.15, -0.1) is 0 Å². The lowest BCUT2D eigenvalue weighted by atomic mass is 9.98. The number of carbonyl (C=O) groups excluding carboxylic acids is 2. The van der Waals surface area contributed by atoms with Crippen LogP contribution < -0.4 is 0 Å². The summed E-state index contributed by atoms with van der Waals surface area (Å²) in [6, 6.07) is 13.3. The van der Waals surface area contributed by atoms with E-state index in [1.54, 1.807) is 21.9 Å². The minimum Gasteiger partial charge on any atom is -0.328 e. The molecule has 0 aromatic heterocycles. The molecule has 1 heterocycles. The summed E-state index contributed by atoms with van der Waals surface area (Å²) in [7, 11) is 0. The van der Waals surface area contributed by atoms with Crippen molar-refractivity contribution in [3.05, 3.63) is 71.0 Å². The molecule has 1 saturated heterocycles. The number of carbonyl (C=O) groups is 2. The molecule has 2 fully saturated rings. The van der Waals surface area contributed by atoms with E-state index < -0.39 is 6.04 Å². The van der Waals surface area contributed by atoms with Crippen molar-refractivity contribution in [2.24, 2.45) is 0 Å². The third-order valence-electron chi connectivity index (χ3n) is 5.88. The second-order valence-corrected chi connectivity index (χ2v) is 7.87. The molecule has 2 amide bonds. The molecule has 4 nitrogen and oxygen atoms in total. The number of rotatable bonds is 4. The van der Waals surface area contributed by atoms with E-state index in [1.807, 2.05) is 31.2 Å². The molecule has 4 rings (SSSR count). The summed E-state index contributed by atoms with van der Waals surface area (Å²) in [5, 5.41) is 0. The van der Waals surface area contributed by atoms with Gasteiger partial charge in [0.2, 0.25) is 5.91 Å². The third kappa shape index (κ3) is 3.66. The highest BCUT2D eigenvalue weighted by atomic mass is 19.1. The van der Waals surface area contributed by atoms with Gasteiger partial charge in [0.05, 0.1) is 0 Å². The molecule has 0 unspecified atom stereocenters. The topological polar surface area (TPSA) is 40.6 Å². The molecule has 28 heavy (non-hydrogen) atoms. The highest BCUT2D eigenvalue weighted by molar-refractivity contribution is 5.95. The van der Waals surface area contributed by atoms with E-state index in [4.69, 9.17) is 0 Å². The lowest BCUT2D eigenvalue weighted by molar-refractivity contribution is -0.159. The Bertz CT molecular complexity index is 857. The van der Waals surface area contributed by atoms with Gasteiger partial charge in [0.1, 0.15) is 18.4 Å². The number of halogens is 1. The lowest BCUT2D eigenvalue weighted by Gasteiger charge is -2.43. The van der Waals surface area contributed by atoms with Gasteiger partial charge in [-0.25, -0.2) is 4.39 Å². The monoisotopic (exact) mass is 380 g/mol. The molecule has 0 bridgehead atoms. The zero-order chi connectivity index (χ0) is 19.7. The number of aryl methyl sites for hydroxylation is 1. The molecule has 2 aromatic carbocycles. The quantitative estimate of drug-likeness (QED) is 0.805. The first-order valence-corrected chi connectivity index (χ1v) is 9.94. The highest BCUT2D eigenvalue weighted by Gasteiger charge is 2.43. The number of hydrogen-bond acceptors (Lipinski definition) is 2. The first kappa shape index (κ1) is 18.7. The van der Waals surface area contributed by atoms with E-state index in [0.717, 1.165) is 36.8 Å². The SMILES string of the molecule is Cc1ccc(CN2C(=O)CN(C3CCCC3)C(=O)[C@@H]2c2ccc(F)cc2)cc1. The fraction of sp³-hybridized carbons (Fsp3) is 0.391. The average molecular weight is 380 g/mol. The van der Waals surface area contributed by atoms with Gasteiger partial charge in [-0.2, -0.15) is 0 Å². The summed E-state index contributed by atoms with van der Waals surface area (Å²) < 4.78 is 13.5. The van der Waals surface area contributed by atoms with Gasteiger partial charge >= 0.3 is 0 Å². The van der Waals surface area contributed by atoms with Crippen molar-refractivity contribution < 1.29 is 14.0 Å². The van der Waals surface area contributed by atoms with Gasteiger partial charge in [-0.3, -0.25) is 9.59 Å². The molecule has 0 radical (unpaired) electrons. The normalized spacial score (nSPS) is 20.9. The molecule has 146 valence electrons. The molecule has 2 aliphatic rings. The van der Waals surface area contributed by atoms with Crippen molar-refractivity contribution in [1.29, 1.82) is 0 Å². The summed E-state index contributed by atoms with van der Waals surface area (Å²) >= 11 is 0. The van der Waals surface area contributed by atoms with E-state index in [2.05, 4.69) is 0 Å². The van der Waals surface area contributed by atoms with Crippen molar-refractivity contribution >= 4 is 11.8 Å². The molecule has 1 atom stereocenters. The first-order chi connectivity index (χ1) is 13.5. The van der Waals surface area contributed by atoms with Crippen LogP contribution in [0.4, 0.5) is 4.39 Å². The van der Waals surface area contributed by atoms with Crippen molar-refractivity contribution in [1.82, 2.24) is 9.80 Å².